The van der Waals surface area contributed by atoms with Crippen LogP contribution in [-0.4, -0.2) is 33.2 Å². The predicted octanol–water partition coefficient (Wildman–Crippen LogP) is 5.90. The molecule has 2 nitrogen and oxygen atoms in total. The molecule has 1 aromatic carbocycles. The van der Waals surface area contributed by atoms with Crippen LogP contribution in [0, 0.1) is 0 Å². The van der Waals surface area contributed by atoms with Crippen LogP contribution < -0.4 is 0 Å². The van der Waals surface area contributed by atoms with Crippen molar-refractivity contribution in [3.8, 4) is 0 Å². The highest BCUT2D eigenvalue weighted by Gasteiger charge is 2.72. The molecule has 156 valence electrons. The summed E-state index contributed by atoms with van der Waals surface area (Å²) in [5.74, 6) is 0. The van der Waals surface area contributed by atoms with Gasteiger partial charge in [-0.15, -0.1) is 0 Å². The third-order valence-corrected chi connectivity index (χ3v) is 4.06. The molecule has 0 atom stereocenters. The summed E-state index contributed by atoms with van der Waals surface area (Å²) in [6.45, 7) is 3.50. The fourth-order valence-corrected chi connectivity index (χ4v) is 2.83. The number of methoxy groups -OCH3 is 2. The van der Waals surface area contributed by atoms with Crippen LogP contribution in [0.1, 0.15) is 17.5 Å². The van der Waals surface area contributed by atoms with Crippen molar-refractivity contribution in [1.29, 1.82) is 0 Å². The standard InChI is InChI=1S/C20H22F6O2/c1-4-7-16(8-5-6-13-27-2)18(19(21,22)23,20(24,25)26)17-11-9-15(10-12-17)14-28-3/h4-5,7-12H,1,6,13-14H2,2-3H3/b8-5-,16-7+. The summed E-state index contributed by atoms with van der Waals surface area (Å²) in [7, 11) is 2.75. The largest absolute Gasteiger partial charge is 0.411 e. The molecule has 1 aromatic rings. The summed E-state index contributed by atoms with van der Waals surface area (Å²) >= 11 is 0. The van der Waals surface area contributed by atoms with Crippen molar-refractivity contribution >= 4 is 0 Å². The van der Waals surface area contributed by atoms with E-state index in [9.17, 15) is 26.3 Å². The summed E-state index contributed by atoms with van der Waals surface area (Å²) in [5.41, 5.74) is -5.66. The molecule has 0 saturated carbocycles. The summed E-state index contributed by atoms with van der Waals surface area (Å²) in [6.07, 6.45) is -7.46. The van der Waals surface area contributed by atoms with E-state index < -0.39 is 28.9 Å². The molecule has 0 fully saturated rings. The quantitative estimate of drug-likeness (QED) is 0.288. The Morgan fingerprint density at radius 2 is 1.54 bits per heavy atom. The van der Waals surface area contributed by atoms with Gasteiger partial charge in [-0.25, -0.2) is 0 Å². The number of allylic oxidation sites excluding steroid dienone is 4. The first kappa shape index (κ1) is 24.0. The molecule has 0 amide bonds. The summed E-state index contributed by atoms with van der Waals surface area (Å²) in [6, 6.07) is 4.03. The van der Waals surface area contributed by atoms with Crippen LogP contribution in [0.5, 0.6) is 0 Å². The maximum Gasteiger partial charge on any atom is 0.411 e. The second-order valence-electron chi connectivity index (χ2n) is 5.92. The highest BCUT2D eigenvalue weighted by atomic mass is 19.4. The van der Waals surface area contributed by atoms with Gasteiger partial charge in [-0.1, -0.05) is 55.1 Å². The van der Waals surface area contributed by atoms with E-state index in [1.54, 1.807) is 0 Å². The van der Waals surface area contributed by atoms with Crippen LogP contribution in [0.4, 0.5) is 26.3 Å². The van der Waals surface area contributed by atoms with E-state index in [1.165, 1.54) is 32.4 Å². The van der Waals surface area contributed by atoms with Crippen molar-refractivity contribution in [1.82, 2.24) is 0 Å². The van der Waals surface area contributed by atoms with Crippen LogP contribution in [0.25, 0.3) is 0 Å². The zero-order chi connectivity index (χ0) is 21.4. The molecule has 0 heterocycles. The minimum absolute atomic E-state index is 0.0671. The molecule has 8 heteroatoms. The lowest BCUT2D eigenvalue weighted by atomic mass is 9.71. The molecule has 0 spiro atoms. The van der Waals surface area contributed by atoms with Gasteiger partial charge >= 0.3 is 12.4 Å². The Morgan fingerprint density at radius 3 is 1.96 bits per heavy atom. The molecule has 1 rings (SSSR count). The van der Waals surface area contributed by atoms with Gasteiger partial charge in [0.1, 0.15) is 0 Å². The van der Waals surface area contributed by atoms with E-state index in [-0.39, 0.29) is 19.6 Å². The van der Waals surface area contributed by atoms with Crippen molar-refractivity contribution in [3.05, 3.63) is 71.8 Å². The zero-order valence-electron chi connectivity index (χ0n) is 15.5. The molecular weight excluding hydrogens is 386 g/mol. The van der Waals surface area contributed by atoms with Crippen LogP contribution in [-0.2, 0) is 21.5 Å². The van der Waals surface area contributed by atoms with E-state index >= 15 is 0 Å². The van der Waals surface area contributed by atoms with Gasteiger partial charge in [0.15, 0.2) is 0 Å². The minimum Gasteiger partial charge on any atom is -0.384 e. The molecule has 0 bridgehead atoms. The Hall–Kier alpha value is -2.06. The van der Waals surface area contributed by atoms with Crippen molar-refractivity contribution in [2.24, 2.45) is 0 Å². The molecule has 0 radical (unpaired) electrons. The van der Waals surface area contributed by atoms with E-state index in [4.69, 9.17) is 9.47 Å². The molecule has 0 aliphatic heterocycles. The average Bonchev–Trinajstić information content (AvgIpc) is 2.58. The van der Waals surface area contributed by atoms with Gasteiger partial charge < -0.3 is 9.47 Å². The monoisotopic (exact) mass is 408 g/mol. The zero-order valence-corrected chi connectivity index (χ0v) is 15.5. The molecule has 28 heavy (non-hydrogen) atoms. The molecule has 0 saturated heterocycles. The number of ether oxygens (including phenoxy) is 2. The number of halogens is 6. The van der Waals surface area contributed by atoms with E-state index in [2.05, 4.69) is 6.58 Å². The summed E-state index contributed by atoms with van der Waals surface area (Å²) < 4.78 is 94.1. The Labute approximate surface area is 160 Å². The summed E-state index contributed by atoms with van der Waals surface area (Å²) in [4.78, 5) is 0. The van der Waals surface area contributed by atoms with Gasteiger partial charge in [0.2, 0.25) is 5.41 Å². The van der Waals surface area contributed by atoms with Crippen molar-refractivity contribution in [2.75, 3.05) is 20.8 Å². The van der Waals surface area contributed by atoms with Crippen LogP contribution in [0.3, 0.4) is 0 Å². The lowest BCUT2D eigenvalue weighted by molar-refractivity contribution is -0.288. The van der Waals surface area contributed by atoms with Gasteiger partial charge in [0.05, 0.1) is 6.61 Å². The molecule has 0 aliphatic rings. The van der Waals surface area contributed by atoms with Crippen molar-refractivity contribution in [3.63, 3.8) is 0 Å². The van der Waals surface area contributed by atoms with E-state index in [0.717, 1.165) is 30.4 Å². The SMILES string of the molecule is C=C/C=C(\C=C/CCOC)C(c1ccc(COC)cc1)(C(F)(F)F)C(F)(F)F. The highest BCUT2D eigenvalue weighted by Crippen LogP contribution is 2.56. The molecule has 0 aliphatic carbocycles. The average molecular weight is 408 g/mol. The Bertz CT molecular complexity index is 670. The topological polar surface area (TPSA) is 18.5 Å². The lowest BCUT2D eigenvalue weighted by Crippen LogP contribution is -2.55. The van der Waals surface area contributed by atoms with Crippen molar-refractivity contribution < 1.29 is 35.8 Å². The molecule has 0 unspecified atom stereocenters. The number of rotatable bonds is 9. The minimum atomic E-state index is -5.64. The lowest BCUT2D eigenvalue weighted by Gasteiger charge is -2.39. The van der Waals surface area contributed by atoms with Crippen molar-refractivity contribution in [2.45, 2.75) is 30.8 Å². The fraction of sp³-hybridized carbons (Fsp3) is 0.400. The molecule has 0 N–H and O–H groups in total. The summed E-state index contributed by atoms with van der Waals surface area (Å²) in [5, 5.41) is 0. The second kappa shape index (κ2) is 9.93. The van der Waals surface area contributed by atoms with E-state index in [1.807, 2.05) is 0 Å². The number of benzene rings is 1. The Balaban J connectivity index is 3.72. The fourth-order valence-electron chi connectivity index (χ4n) is 2.83. The Morgan fingerprint density at radius 1 is 0.964 bits per heavy atom. The van der Waals surface area contributed by atoms with E-state index in [0.29, 0.717) is 5.56 Å². The highest BCUT2D eigenvalue weighted by molar-refractivity contribution is 5.48. The predicted molar refractivity (Wildman–Crippen MR) is 94.9 cm³/mol. The number of hydrogen-bond acceptors (Lipinski definition) is 2. The second-order valence-corrected chi connectivity index (χ2v) is 5.92. The third-order valence-electron chi connectivity index (χ3n) is 4.06. The molecular formula is C20H22F6O2. The Kier molecular flexibility index (Phi) is 8.50. The smallest absolute Gasteiger partial charge is 0.384 e. The van der Waals surface area contributed by atoms with Gasteiger partial charge in [-0.05, 0) is 23.1 Å². The van der Waals surface area contributed by atoms with Crippen LogP contribution in [0.2, 0.25) is 0 Å². The van der Waals surface area contributed by atoms with Gasteiger partial charge in [-0.2, -0.15) is 26.3 Å². The normalized spacial score (nSPS) is 13.9. The van der Waals surface area contributed by atoms with Gasteiger partial charge in [0, 0.05) is 20.8 Å². The van der Waals surface area contributed by atoms with Crippen LogP contribution >= 0.6 is 0 Å². The van der Waals surface area contributed by atoms with Crippen LogP contribution in [0.15, 0.2) is 60.7 Å². The molecule has 0 aromatic heterocycles. The first-order valence-corrected chi connectivity index (χ1v) is 8.26. The maximum absolute atomic E-state index is 14.1. The van der Waals surface area contributed by atoms with Gasteiger partial charge in [0.25, 0.3) is 0 Å². The number of alkyl halides is 6. The third kappa shape index (κ3) is 5.05. The number of hydrogen-bond donors (Lipinski definition) is 0. The first-order chi connectivity index (χ1) is 13.1. The van der Waals surface area contributed by atoms with Gasteiger partial charge in [-0.3, -0.25) is 0 Å². The maximum atomic E-state index is 14.1. The first-order valence-electron chi connectivity index (χ1n) is 8.26.